The Kier molecular flexibility index (Phi) is 2.72. The molecule has 1 saturated carbocycles. The van der Waals surface area contributed by atoms with E-state index in [1.54, 1.807) is 0 Å². The molecule has 3 heteroatoms. The predicted molar refractivity (Wildman–Crippen MR) is 53.9 cm³/mol. The largest absolute Gasteiger partial charge is 0.314 e. The van der Waals surface area contributed by atoms with Gasteiger partial charge < -0.3 is 5.32 Å². The second-order valence-corrected chi connectivity index (χ2v) is 4.69. The van der Waals surface area contributed by atoms with E-state index in [9.17, 15) is 0 Å². The Morgan fingerprint density at radius 3 is 2.08 bits per heavy atom. The predicted octanol–water partition coefficient (Wildman–Crippen LogP) is 1.11. The van der Waals surface area contributed by atoms with E-state index in [1.165, 1.54) is 19.5 Å². The third-order valence-corrected chi connectivity index (χ3v) is 3.29. The van der Waals surface area contributed by atoms with Crippen LogP contribution in [0.2, 0.25) is 0 Å². The minimum absolute atomic E-state index is 0. The molecule has 0 aromatic heterocycles. The van der Waals surface area contributed by atoms with Crippen LogP contribution in [-0.4, -0.2) is 37.1 Å². The lowest BCUT2D eigenvalue weighted by atomic mass is 10.1. The first-order chi connectivity index (χ1) is 5.11. The molecule has 0 aromatic rings. The molecule has 0 radical (unpaired) electrons. The minimum Gasteiger partial charge on any atom is -0.314 e. The van der Waals surface area contributed by atoms with Gasteiger partial charge in [-0.1, -0.05) is 13.8 Å². The Morgan fingerprint density at radius 1 is 1.33 bits per heavy atom. The molecular formula is C9H19ClN2. The summed E-state index contributed by atoms with van der Waals surface area (Å²) in [7, 11) is 2.27. The lowest BCUT2D eigenvalue weighted by molar-refractivity contribution is 0.156. The molecule has 1 saturated heterocycles. The molecule has 2 aliphatic rings. The number of hydrogen-bond donors (Lipinski definition) is 1. The summed E-state index contributed by atoms with van der Waals surface area (Å²) >= 11 is 0. The van der Waals surface area contributed by atoms with E-state index in [0.717, 1.165) is 12.1 Å². The number of likely N-dealkylation sites (N-methyl/N-ethyl adjacent to an activating group) is 1. The number of rotatable bonds is 2. The van der Waals surface area contributed by atoms with Gasteiger partial charge in [-0.2, -0.15) is 0 Å². The van der Waals surface area contributed by atoms with Gasteiger partial charge in [-0.25, -0.2) is 0 Å². The highest BCUT2D eigenvalue weighted by Crippen LogP contribution is 2.48. The van der Waals surface area contributed by atoms with E-state index in [4.69, 9.17) is 0 Å². The van der Waals surface area contributed by atoms with Crippen LogP contribution in [0, 0.1) is 5.41 Å². The summed E-state index contributed by atoms with van der Waals surface area (Å²) in [5.74, 6) is 0. The van der Waals surface area contributed by atoms with E-state index in [-0.39, 0.29) is 12.4 Å². The monoisotopic (exact) mass is 190 g/mol. The summed E-state index contributed by atoms with van der Waals surface area (Å²) in [6, 6.07) is 1.68. The molecule has 1 unspecified atom stereocenters. The Hall–Kier alpha value is 0.210. The molecule has 1 aliphatic carbocycles. The normalized spacial score (nSPS) is 32.5. The van der Waals surface area contributed by atoms with Crippen LogP contribution in [0.4, 0.5) is 0 Å². The van der Waals surface area contributed by atoms with Crippen LogP contribution >= 0.6 is 12.4 Å². The van der Waals surface area contributed by atoms with Crippen molar-refractivity contribution in [3.63, 3.8) is 0 Å². The summed E-state index contributed by atoms with van der Waals surface area (Å²) in [4.78, 5) is 2.55. The van der Waals surface area contributed by atoms with Gasteiger partial charge in [0, 0.05) is 25.2 Å². The molecule has 72 valence electrons. The highest BCUT2D eigenvalue weighted by atomic mass is 35.5. The van der Waals surface area contributed by atoms with Crippen molar-refractivity contribution < 1.29 is 0 Å². The van der Waals surface area contributed by atoms with Crippen molar-refractivity contribution in [2.45, 2.75) is 32.4 Å². The molecule has 0 bridgehead atoms. The Labute approximate surface area is 81.1 Å². The Bertz CT molecular complexity index is 166. The van der Waals surface area contributed by atoms with Gasteiger partial charge in [-0.05, 0) is 18.9 Å². The first-order valence-electron chi connectivity index (χ1n) is 4.54. The van der Waals surface area contributed by atoms with Gasteiger partial charge in [0.25, 0.3) is 0 Å². The average Bonchev–Trinajstić information content (AvgIpc) is 2.35. The number of nitrogens with one attached hydrogen (secondary N) is 1. The zero-order valence-electron chi connectivity index (χ0n) is 8.13. The molecule has 12 heavy (non-hydrogen) atoms. The lowest BCUT2D eigenvalue weighted by Crippen LogP contribution is -2.56. The van der Waals surface area contributed by atoms with Crippen molar-refractivity contribution >= 4 is 12.4 Å². The van der Waals surface area contributed by atoms with Crippen molar-refractivity contribution in [1.29, 1.82) is 0 Å². The third-order valence-electron chi connectivity index (χ3n) is 3.29. The fraction of sp³-hybridized carbons (Fsp3) is 1.00. The SMILES string of the molecule is CN(C1CNC1)C1CC1(C)C.Cl. The number of nitrogens with zero attached hydrogens (tertiary/aromatic N) is 1. The molecule has 1 N–H and O–H groups in total. The molecule has 1 heterocycles. The van der Waals surface area contributed by atoms with Crippen molar-refractivity contribution in [3.05, 3.63) is 0 Å². The van der Waals surface area contributed by atoms with E-state index in [1.807, 2.05) is 0 Å². The summed E-state index contributed by atoms with van der Waals surface area (Å²) < 4.78 is 0. The van der Waals surface area contributed by atoms with E-state index < -0.39 is 0 Å². The van der Waals surface area contributed by atoms with Gasteiger partial charge in [0.1, 0.15) is 0 Å². The fourth-order valence-electron chi connectivity index (χ4n) is 1.95. The second kappa shape index (κ2) is 3.17. The molecule has 2 nitrogen and oxygen atoms in total. The van der Waals surface area contributed by atoms with Crippen LogP contribution in [0.3, 0.4) is 0 Å². The quantitative estimate of drug-likeness (QED) is 0.702. The van der Waals surface area contributed by atoms with Crippen LogP contribution in [0.5, 0.6) is 0 Å². The molecule has 1 atom stereocenters. The molecule has 1 aliphatic heterocycles. The molecule has 2 rings (SSSR count). The smallest absolute Gasteiger partial charge is 0.0345 e. The van der Waals surface area contributed by atoms with Gasteiger partial charge in [0.2, 0.25) is 0 Å². The van der Waals surface area contributed by atoms with Gasteiger partial charge in [-0.3, -0.25) is 4.90 Å². The fourth-order valence-corrected chi connectivity index (χ4v) is 1.95. The maximum atomic E-state index is 3.31. The van der Waals surface area contributed by atoms with Crippen LogP contribution < -0.4 is 5.32 Å². The highest BCUT2D eigenvalue weighted by molar-refractivity contribution is 5.85. The summed E-state index contributed by atoms with van der Waals surface area (Å²) in [5, 5.41) is 3.31. The van der Waals surface area contributed by atoms with Crippen molar-refractivity contribution in [2.24, 2.45) is 5.41 Å². The van der Waals surface area contributed by atoms with E-state index in [2.05, 4.69) is 31.1 Å². The zero-order chi connectivity index (χ0) is 8.06. The van der Waals surface area contributed by atoms with Crippen molar-refractivity contribution in [3.8, 4) is 0 Å². The van der Waals surface area contributed by atoms with Gasteiger partial charge in [0.15, 0.2) is 0 Å². The molecular weight excluding hydrogens is 172 g/mol. The van der Waals surface area contributed by atoms with E-state index in [0.29, 0.717) is 5.41 Å². The van der Waals surface area contributed by atoms with Gasteiger partial charge in [0.05, 0.1) is 0 Å². The second-order valence-electron chi connectivity index (χ2n) is 4.69. The van der Waals surface area contributed by atoms with Crippen LogP contribution in [0.1, 0.15) is 20.3 Å². The molecule has 0 spiro atoms. The maximum Gasteiger partial charge on any atom is 0.0345 e. The van der Waals surface area contributed by atoms with Gasteiger partial charge in [-0.15, -0.1) is 12.4 Å². The van der Waals surface area contributed by atoms with Crippen LogP contribution in [0.15, 0.2) is 0 Å². The molecule has 2 fully saturated rings. The highest BCUT2D eigenvalue weighted by Gasteiger charge is 2.50. The number of hydrogen-bond acceptors (Lipinski definition) is 2. The molecule has 0 amide bonds. The summed E-state index contributed by atoms with van der Waals surface area (Å²) in [6.45, 7) is 7.12. The first-order valence-corrected chi connectivity index (χ1v) is 4.54. The zero-order valence-corrected chi connectivity index (χ0v) is 8.95. The number of halogens is 1. The lowest BCUT2D eigenvalue weighted by Gasteiger charge is -2.36. The van der Waals surface area contributed by atoms with Crippen LogP contribution in [-0.2, 0) is 0 Å². The standard InChI is InChI=1S/C9H18N2.ClH/c1-9(2)4-8(9)11(3)7-5-10-6-7;/h7-8,10H,4-6H2,1-3H3;1H. The average molecular weight is 191 g/mol. The van der Waals surface area contributed by atoms with E-state index >= 15 is 0 Å². The van der Waals surface area contributed by atoms with Gasteiger partial charge >= 0.3 is 0 Å². The summed E-state index contributed by atoms with van der Waals surface area (Å²) in [5.41, 5.74) is 0.602. The Balaban J connectivity index is 0.000000720. The minimum atomic E-state index is 0. The first kappa shape index (κ1) is 10.3. The van der Waals surface area contributed by atoms with Crippen LogP contribution in [0.25, 0.3) is 0 Å². The maximum absolute atomic E-state index is 3.31. The van der Waals surface area contributed by atoms with Crippen molar-refractivity contribution in [1.82, 2.24) is 10.2 Å². The third kappa shape index (κ3) is 1.61. The summed E-state index contributed by atoms with van der Waals surface area (Å²) in [6.07, 6.45) is 1.39. The Morgan fingerprint density at radius 2 is 1.83 bits per heavy atom. The van der Waals surface area contributed by atoms with Crippen molar-refractivity contribution in [2.75, 3.05) is 20.1 Å². The topological polar surface area (TPSA) is 15.3 Å². The molecule has 0 aromatic carbocycles.